The molecule has 0 amide bonds. The van der Waals surface area contributed by atoms with E-state index in [9.17, 15) is 5.21 Å². The highest BCUT2D eigenvalue weighted by Gasteiger charge is 1.96. The Labute approximate surface area is 77.2 Å². The zero-order valence-corrected chi connectivity index (χ0v) is 7.69. The maximum Gasteiger partial charge on any atom is 0.149 e. The van der Waals surface area contributed by atoms with E-state index in [0.29, 0.717) is 23.3 Å². The van der Waals surface area contributed by atoms with Gasteiger partial charge in [-0.15, -0.1) is 0 Å². The molecule has 0 heterocycles. The van der Waals surface area contributed by atoms with Crippen LogP contribution in [0.1, 0.15) is 6.92 Å². The summed E-state index contributed by atoms with van der Waals surface area (Å²) in [6.07, 6.45) is 0. The third-order valence-corrected chi connectivity index (χ3v) is 1.35. The van der Waals surface area contributed by atoms with Gasteiger partial charge in [-0.1, -0.05) is 6.07 Å². The Hall–Kier alpha value is -1.26. The average Bonchev–Trinajstić information content (AvgIpc) is 2.04. The maximum absolute atomic E-state index is 10.5. The van der Waals surface area contributed by atoms with Gasteiger partial charge in [0.25, 0.3) is 0 Å². The first-order valence-corrected chi connectivity index (χ1v) is 4.04. The van der Waals surface area contributed by atoms with Crippen molar-refractivity contribution in [2.45, 2.75) is 6.92 Å². The van der Waals surface area contributed by atoms with E-state index in [1.807, 2.05) is 6.92 Å². The summed E-state index contributed by atoms with van der Waals surface area (Å²) in [6, 6.07) is 6.93. The third kappa shape index (κ3) is 3.31. The highest BCUT2D eigenvalue weighted by atomic mass is 16.9. The van der Waals surface area contributed by atoms with Crippen molar-refractivity contribution in [3.8, 4) is 11.5 Å². The summed E-state index contributed by atoms with van der Waals surface area (Å²) in [6.45, 7) is 2.49. The van der Waals surface area contributed by atoms with Crippen LogP contribution in [-0.4, -0.2) is 18.9 Å². The van der Waals surface area contributed by atoms with Crippen LogP contribution in [0.25, 0.3) is 0 Å². The number of benzene rings is 1. The number of hydrogen-bond acceptors (Lipinski definition) is 4. The van der Waals surface area contributed by atoms with Gasteiger partial charge in [-0.2, -0.15) is 0 Å². The van der Waals surface area contributed by atoms with Gasteiger partial charge in [0.15, 0.2) is 0 Å². The summed E-state index contributed by atoms with van der Waals surface area (Å²) in [7, 11) is 1.29. The monoisotopic (exact) mass is 182 g/mol. The summed E-state index contributed by atoms with van der Waals surface area (Å²) >= 11 is 0. The van der Waals surface area contributed by atoms with E-state index in [-0.39, 0.29) is 0 Å². The van der Waals surface area contributed by atoms with Gasteiger partial charge in [0.2, 0.25) is 0 Å². The lowest BCUT2D eigenvalue weighted by Crippen LogP contribution is -2.13. The fourth-order valence-corrected chi connectivity index (χ4v) is 0.936. The molecule has 1 aromatic rings. The van der Waals surface area contributed by atoms with Gasteiger partial charge in [0.05, 0.1) is 6.61 Å². The highest BCUT2D eigenvalue weighted by Crippen LogP contribution is 2.19. The summed E-state index contributed by atoms with van der Waals surface area (Å²) in [5.74, 6) is 1.17. The van der Waals surface area contributed by atoms with Crippen LogP contribution in [0.15, 0.2) is 24.3 Å². The number of nitrogens with zero attached hydrogens (tertiary/aromatic N) is 1. The van der Waals surface area contributed by atoms with E-state index < -0.39 is 0 Å². The zero-order valence-electron chi connectivity index (χ0n) is 7.69. The molecule has 1 rings (SSSR count). The van der Waals surface area contributed by atoms with Crippen molar-refractivity contribution in [1.82, 2.24) is 5.23 Å². The van der Waals surface area contributed by atoms with Crippen LogP contribution in [-0.2, 0) is 0 Å². The molecule has 0 bridgehead atoms. The lowest BCUT2D eigenvalue weighted by molar-refractivity contribution is 0.0215. The minimum atomic E-state index is 0.394. The predicted molar refractivity (Wildman–Crippen MR) is 49.4 cm³/mol. The Morgan fingerprint density at radius 2 is 2.08 bits per heavy atom. The third-order valence-electron chi connectivity index (χ3n) is 1.35. The molecule has 0 radical (unpaired) electrons. The molecule has 0 aliphatic heterocycles. The van der Waals surface area contributed by atoms with Crippen molar-refractivity contribution in [1.29, 1.82) is 0 Å². The van der Waals surface area contributed by atoms with Crippen molar-refractivity contribution in [2.24, 2.45) is 0 Å². The molecule has 0 saturated carbocycles. The Balaban J connectivity index is 2.67. The van der Waals surface area contributed by atoms with Crippen molar-refractivity contribution >= 4 is 0 Å². The molecule has 0 aliphatic carbocycles. The quantitative estimate of drug-likeness (QED) is 0.666. The Bertz CT molecular complexity index is 263. The molecule has 72 valence electrons. The second kappa shape index (κ2) is 4.69. The van der Waals surface area contributed by atoms with E-state index in [4.69, 9.17) is 9.57 Å². The number of hydrogen-bond donors (Lipinski definition) is 0. The van der Waals surface area contributed by atoms with Crippen LogP contribution >= 0.6 is 0 Å². The number of hydroxylamine groups is 2. The van der Waals surface area contributed by atoms with Crippen molar-refractivity contribution in [3.63, 3.8) is 0 Å². The Kier molecular flexibility index (Phi) is 3.54. The topological polar surface area (TPSA) is 44.8 Å². The fourth-order valence-electron chi connectivity index (χ4n) is 0.936. The summed E-state index contributed by atoms with van der Waals surface area (Å²) in [5, 5.41) is 10.9. The molecule has 4 nitrogen and oxygen atoms in total. The Morgan fingerprint density at radius 3 is 2.69 bits per heavy atom. The molecular weight excluding hydrogens is 170 g/mol. The Morgan fingerprint density at radius 1 is 1.38 bits per heavy atom. The highest BCUT2D eigenvalue weighted by molar-refractivity contribution is 5.32. The van der Waals surface area contributed by atoms with Crippen LogP contribution in [0.2, 0.25) is 0 Å². The molecule has 0 N–H and O–H groups in total. The number of rotatable bonds is 4. The van der Waals surface area contributed by atoms with Crippen LogP contribution < -0.4 is 9.57 Å². The first-order valence-electron chi connectivity index (χ1n) is 4.04. The van der Waals surface area contributed by atoms with Gasteiger partial charge in [-0.25, -0.2) is 5.23 Å². The first kappa shape index (κ1) is 9.83. The minimum absolute atomic E-state index is 0.394. The molecule has 0 spiro atoms. The van der Waals surface area contributed by atoms with Crippen LogP contribution in [0.3, 0.4) is 0 Å². The lowest BCUT2D eigenvalue weighted by Gasteiger charge is -2.21. The first-order chi connectivity index (χ1) is 6.22. The second-order valence-electron chi connectivity index (χ2n) is 2.44. The van der Waals surface area contributed by atoms with Crippen LogP contribution in [0, 0.1) is 5.21 Å². The molecule has 0 saturated heterocycles. The largest absolute Gasteiger partial charge is 0.753 e. The molecule has 0 unspecified atom stereocenters. The van der Waals surface area contributed by atoms with Gasteiger partial charge < -0.3 is 14.8 Å². The van der Waals surface area contributed by atoms with Gasteiger partial charge in [-0.05, 0) is 19.1 Å². The van der Waals surface area contributed by atoms with Crippen LogP contribution in [0.5, 0.6) is 11.5 Å². The summed E-state index contributed by atoms with van der Waals surface area (Å²) < 4.78 is 5.23. The number of ether oxygens (including phenoxy) is 1. The normalized spacial score (nSPS) is 10.2. The molecule has 1 aromatic carbocycles. The van der Waals surface area contributed by atoms with Crippen molar-refractivity contribution in [3.05, 3.63) is 29.5 Å². The van der Waals surface area contributed by atoms with Gasteiger partial charge in [-0.3, -0.25) is 0 Å². The fraction of sp³-hybridized carbons (Fsp3) is 0.333. The van der Waals surface area contributed by atoms with E-state index >= 15 is 0 Å². The van der Waals surface area contributed by atoms with E-state index in [1.165, 1.54) is 7.05 Å². The molecule has 4 heteroatoms. The molecular formula is C9H12NO3-. The molecule has 0 atom stereocenters. The van der Waals surface area contributed by atoms with Crippen molar-refractivity contribution < 1.29 is 9.57 Å². The maximum atomic E-state index is 10.5. The zero-order chi connectivity index (χ0) is 9.68. The predicted octanol–water partition coefficient (Wildman–Crippen LogP) is 1.81. The second-order valence-corrected chi connectivity index (χ2v) is 2.44. The summed E-state index contributed by atoms with van der Waals surface area (Å²) in [4.78, 5) is 4.80. The minimum Gasteiger partial charge on any atom is -0.753 e. The van der Waals surface area contributed by atoms with Gasteiger partial charge in [0.1, 0.15) is 11.5 Å². The standard InChI is InChI=1S/C9H12NO3/c1-3-12-8-5-4-6-9(7-8)13-10(2)11/h4-7H,3H2,1-2H3/q-1. The molecule has 13 heavy (non-hydrogen) atoms. The SMILES string of the molecule is CCOc1cccc(ON(C)[O-])c1. The summed E-state index contributed by atoms with van der Waals surface area (Å²) in [5.41, 5.74) is 0. The van der Waals surface area contributed by atoms with Gasteiger partial charge in [0, 0.05) is 13.1 Å². The molecule has 0 fully saturated rings. The van der Waals surface area contributed by atoms with E-state index in [1.54, 1.807) is 24.3 Å². The van der Waals surface area contributed by atoms with E-state index in [0.717, 1.165) is 0 Å². The molecule has 0 aliphatic rings. The lowest BCUT2D eigenvalue weighted by atomic mass is 10.3. The molecule has 0 aromatic heterocycles. The van der Waals surface area contributed by atoms with Gasteiger partial charge >= 0.3 is 0 Å². The average molecular weight is 182 g/mol. The van der Waals surface area contributed by atoms with Crippen LogP contribution in [0.4, 0.5) is 0 Å². The smallest absolute Gasteiger partial charge is 0.149 e. The van der Waals surface area contributed by atoms with Crippen molar-refractivity contribution in [2.75, 3.05) is 13.7 Å². The van der Waals surface area contributed by atoms with E-state index in [2.05, 4.69) is 0 Å².